The third-order valence-corrected chi connectivity index (χ3v) is 7.50. The van der Waals surface area contributed by atoms with Crippen molar-refractivity contribution in [3.63, 3.8) is 0 Å². The van der Waals surface area contributed by atoms with Gasteiger partial charge in [-0.1, -0.05) is 18.2 Å². The predicted molar refractivity (Wildman–Crippen MR) is 131 cm³/mol. The molecule has 11 heteroatoms. The van der Waals surface area contributed by atoms with Crippen LogP contribution in [0.1, 0.15) is 21.7 Å². The molecule has 2 aromatic carbocycles. The second kappa shape index (κ2) is 9.98. The number of carbonyl (C=O) groups excluding carboxylic acids is 3. The van der Waals surface area contributed by atoms with Gasteiger partial charge in [0.15, 0.2) is 0 Å². The molecule has 0 saturated carbocycles. The number of rotatable bonds is 8. The largest absolute Gasteiger partial charge is 0.497 e. The molecule has 0 radical (unpaired) electrons. The van der Waals surface area contributed by atoms with Gasteiger partial charge in [-0.2, -0.15) is 0 Å². The predicted octanol–water partition coefficient (Wildman–Crippen LogP) is 2.42. The molecule has 35 heavy (non-hydrogen) atoms. The minimum atomic E-state index is -3.82. The van der Waals surface area contributed by atoms with E-state index in [9.17, 15) is 22.8 Å². The van der Waals surface area contributed by atoms with E-state index in [1.54, 1.807) is 53.9 Å². The lowest BCUT2D eigenvalue weighted by molar-refractivity contribution is -0.122. The fourth-order valence-electron chi connectivity index (χ4n) is 3.90. The lowest BCUT2D eigenvalue weighted by atomic mass is 10.1. The van der Waals surface area contributed by atoms with Crippen molar-refractivity contribution in [1.29, 1.82) is 0 Å². The van der Waals surface area contributed by atoms with Crippen molar-refractivity contribution in [2.24, 2.45) is 5.14 Å². The van der Waals surface area contributed by atoms with Crippen molar-refractivity contribution >= 4 is 44.8 Å². The number of nitrogens with two attached hydrogens (primary N) is 1. The number of sulfonamides is 1. The Labute approximate surface area is 206 Å². The van der Waals surface area contributed by atoms with Crippen LogP contribution in [0, 0.1) is 0 Å². The molecule has 1 aliphatic heterocycles. The maximum Gasteiger partial charge on any atom is 0.264 e. The molecular formula is C24H23N3O6S2. The summed E-state index contributed by atoms with van der Waals surface area (Å²) in [6.07, 6.45) is 0.217. The van der Waals surface area contributed by atoms with E-state index in [4.69, 9.17) is 9.88 Å². The number of hydrogen-bond donors (Lipinski definition) is 1. The van der Waals surface area contributed by atoms with Crippen LogP contribution < -0.4 is 14.8 Å². The van der Waals surface area contributed by atoms with Gasteiger partial charge in [-0.05, 0) is 59.8 Å². The molecule has 0 aliphatic carbocycles. The monoisotopic (exact) mass is 513 g/mol. The zero-order valence-corrected chi connectivity index (χ0v) is 20.4. The highest BCUT2D eigenvalue weighted by Crippen LogP contribution is 2.29. The first-order chi connectivity index (χ1) is 16.7. The number of nitrogens with zero attached hydrogens (tertiary/aromatic N) is 2. The first-order valence-electron chi connectivity index (χ1n) is 10.7. The number of anilines is 1. The summed E-state index contributed by atoms with van der Waals surface area (Å²) in [5.41, 5.74) is 1.16. The van der Waals surface area contributed by atoms with Crippen LogP contribution in [0.15, 0.2) is 70.9 Å². The summed E-state index contributed by atoms with van der Waals surface area (Å²) in [5, 5.41) is 6.92. The third-order valence-electron chi connectivity index (χ3n) is 5.72. The van der Waals surface area contributed by atoms with Gasteiger partial charge in [0.2, 0.25) is 15.9 Å². The van der Waals surface area contributed by atoms with Gasteiger partial charge in [0.25, 0.3) is 11.8 Å². The average molecular weight is 514 g/mol. The highest BCUT2D eigenvalue weighted by atomic mass is 32.2. The van der Waals surface area contributed by atoms with Gasteiger partial charge < -0.3 is 9.64 Å². The molecule has 1 aromatic heterocycles. The van der Waals surface area contributed by atoms with Gasteiger partial charge in [-0.15, -0.1) is 11.3 Å². The zero-order valence-electron chi connectivity index (χ0n) is 18.8. The summed E-state index contributed by atoms with van der Waals surface area (Å²) in [7, 11) is -2.29. The van der Waals surface area contributed by atoms with E-state index >= 15 is 0 Å². The number of hydrogen-bond acceptors (Lipinski definition) is 7. The fraction of sp³-hybridized carbons (Fsp3) is 0.208. The fourth-order valence-corrected chi connectivity index (χ4v) is 5.09. The standard InChI is InChI=1S/C24H23N3O6S2/c1-33-18-8-6-17(7-9-18)27-22(28)15-20(23(27)29)26(24(30)21-3-2-14-34-21)13-12-16-4-10-19(11-5-16)35(25,31)32/h2-11,14,20H,12-13,15H2,1H3,(H2,25,31,32). The quantitative estimate of drug-likeness (QED) is 0.461. The number of thiophene rings is 1. The Hall–Kier alpha value is -3.54. The maximum absolute atomic E-state index is 13.4. The summed E-state index contributed by atoms with van der Waals surface area (Å²) in [5.74, 6) is -0.627. The minimum absolute atomic E-state index is 0.0144. The Morgan fingerprint density at radius 3 is 2.37 bits per heavy atom. The number of amides is 3. The summed E-state index contributed by atoms with van der Waals surface area (Å²) < 4.78 is 28.1. The molecule has 1 unspecified atom stereocenters. The van der Waals surface area contributed by atoms with Crippen LogP contribution in [0.3, 0.4) is 0 Å². The number of ether oxygens (including phenoxy) is 1. The summed E-state index contributed by atoms with van der Waals surface area (Å²) in [6.45, 7) is 0.158. The average Bonchev–Trinajstić information content (AvgIpc) is 3.47. The molecule has 1 atom stereocenters. The number of methoxy groups -OCH3 is 1. The Morgan fingerprint density at radius 1 is 1.11 bits per heavy atom. The van der Waals surface area contributed by atoms with Gasteiger partial charge in [0, 0.05) is 6.54 Å². The van der Waals surface area contributed by atoms with E-state index in [2.05, 4.69) is 0 Å². The summed E-state index contributed by atoms with van der Waals surface area (Å²) in [4.78, 5) is 42.5. The van der Waals surface area contributed by atoms with Crippen molar-refractivity contribution in [2.45, 2.75) is 23.8 Å². The topological polar surface area (TPSA) is 127 Å². The molecule has 1 fully saturated rings. The number of imide groups is 1. The van der Waals surface area contributed by atoms with Crippen LogP contribution in [-0.2, 0) is 26.0 Å². The van der Waals surface area contributed by atoms with Crippen molar-refractivity contribution in [3.05, 3.63) is 76.5 Å². The van der Waals surface area contributed by atoms with Gasteiger partial charge in [0.05, 0.1) is 29.0 Å². The highest BCUT2D eigenvalue weighted by molar-refractivity contribution is 7.89. The van der Waals surface area contributed by atoms with Crippen LogP contribution in [0.5, 0.6) is 5.75 Å². The van der Waals surface area contributed by atoms with Gasteiger partial charge in [0.1, 0.15) is 11.8 Å². The lowest BCUT2D eigenvalue weighted by Gasteiger charge is -2.27. The Balaban J connectivity index is 1.58. The second-order valence-corrected chi connectivity index (χ2v) is 10.4. The van der Waals surface area contributed by atoms with Crippen LogP contribution in [0.2, 0.25) is 0 Å². The highest BCUT2D eigenvalue weighted by Gasteiger charge is 2.44. The molecule has 2 heterocycles. The number of primary sulfonamides is 1. The first kappa shape index (κ1) is 24.6. The summed E-state index contributed by atoms with van der Waals surface area (Å²) >= 11 is 1.25. The van der Waals surface area contributed by atoms with E-state index < -0.39 is 27.9 Å². The van der Waals surface area contributed by atoms with E-state index in [1.165, 1.54) is 35.5 Å². The van der Waals surface area contributed by atoms with E-state index in [-0.39, 0.29) is 23.8 Å². The first-order valence-corrected chi connectivity index (χ1v) is 13.1. The van der Waals surface area contributed by atoms with Crippen LogP contribution >= 0.6 is 11.3 Å². The molecule has 9 nitrogen and oxygen atoms in total. The Morgan fingerprint density at radius 2 is 1.80 bits per heavy atom. The molecular weight excluding hydrogens is 490 g/mol. The van der Waals surface area contributed by atoms with Crippen LogP contribution in [0.4, 0.5) is 5.69 Å². The van der Waals surface area contributed by atoms with E-state index in [1.807, 2.05) is 0 Å². The molecule has 182 valence electrons. The smallest absolute Gasteiger partial charge is 0.264 e. The molecule has 0 bridgehead atoms. The molecule has 0 spiro atoms. The normalized spacial score (nSPS) is 15.9. The SMILES string of the molecule is COc1ccc(N2C(=O)CC(N(CCc3ccc(S(N)(=O)=O)cc3)C(=O)c3cccs3)C2=O)cc1. The molecule has 1 saturated heterocycles. The molecule has 2 N–H and O–H groups in total. The Kier molecular flexibility index (Phi) is 7.01. The molecule has 1 aliphatic rings. The Bertz CT molecular complexity index is 1340. The minimum Gasteiger partial charge on any atom is -0.497 e. The van der Waals surface area contributed by atoms with Gasteiger partial charge in [-0.3, -0.25) is 14.4 Å². The van der Waals surface area contributed by atoms with Crippen molar-refractivity contribution in [3.8, 4) is 5.75 Å². The van der Waals surface area contributed by atoms with Crippen molar-refractivity contribution in [2.75, 3.05) is 18.6 Å². The second-order valence-electron chi connectivity index (χ2n) is 7.90. The van der Waals surface area contributed by atoms with Crippen molar-refractivity contribution in [1.82, 2.24) is 4.90 Å². The number of benzene rings is 2. The third kappa shape index (κ3) is 5.26. The van der Waals surface area contributed by atoms with Gasteiger partial charge in [-0.25, -0.2) is 18.5 Å². The van der Waals surface area contributed by atoms with Crippen LogP contribution in [0.25, 0.3) is 0 Å². The number of carbonyl (C=O) groups is 3. The van der Waals surface area contributed by atoms with Crippen molar-refractivity contribution < 1.29 is 27.5 Å². The molecule has 3 aromatic rings. The van der Waals surface area contributed by atoms with Gasteiger partial charge >= 0.3 is 0 Å². The van der Waals surface area contributed by atoms with Crippen LogP contribution in [-0.4, -0.2) is 50.7 Å². The lowest BCUT2D eigenvalue weighted by Crippen LogP contribution is -2.46. The molecule has 3 amide bonds. The zero-order chi connectivity index (χ0) is 25.2. The van der Waals surface area contributed by atoms with E-state index in [0.29, 0.717) is 22.7 Å². The molecule has 4 rings (SSSR count). The maximum atomic E-state index is 13.4. The summed E-state index contributed by atoms with van der Waals surface area (Å²) in [6, 6.07) is 15.0. The van der Waals surface area contributed by atoms with E-state index in [0.717, 1.165) is 10.5 Å².